The molecule has 0 amide bonds. The van der Waals surface area contributed by atoms with Crippen LogP contribution in [0.3, 0.4) is 0 Å². The summed E-state index contributed by atoms with van der Waals surface area (Å²) in [5.41, 5.74) is 3.13. The summed E-state index contributed by atoms with van der Waals surface area (Å²) in [5, 5.41) is 0. The van der Waals surface area contributed by atoms with E-state index in [0.29, 0.717) is 13.2 Å². The van der Waals surface area contributed by atoms with Gasteiger partial charge in [0.2, 0.25) is 0 Å². The molecule has 4 aromatic carbocycles. The van der Waals surface area contributed by atoms with Crippen LogP contribution >= 0.6 is 15.9 Å². The number of halogens is 1. The number of rotatable bonds is 6. The fourth-order valence-electron chi connectivity index (χ4n) is 4.19. The average Bonchev–Trinajstić information content (AvgIpc) is 3.40. The third-order valence-electron chi connectivity index (χ3n) is 5.65. The first-order valence-corrected chi connectivity index (χ1v) is 11.4. The first kappa shape index (κ1) is 21.0. The standard InChI is InChI=1S/C28H23BrO3/c29-24-16-17-26(25(20-24)27-30-18-19-31-27)32-28(21-10-4-1-5-11-21,22-12-6-2-7-13-22)23-14-8-3-9-15-23/h1-17,20,27H,18-19H2. The molecule has 0 spiro atoms. The molecule has 0 atom stereocenters. The van der Waals surface area contributed by atoms with Crippen LogP contribution < -0.4 is 4.74 Å². The highest BCUT2D eigenvalue weighted by atomic mass is 79.9. The smallest absolute Gasteiger partial charge is 0.187 e. The molecule has 0 radical (unpaired) electrons. The van der Waals surface area contributed by atoms with E-state index in [9.17, 15) is 0 Å². The third-order valence-corrected chi connectivity index (χ3v) is 6.14. The summed E-state index contributed by atoms with van der Waals surface area (Å²) >= 11 is 3.59. The van der Waals surface area contributed by atoms with Crippen molar-refractivity contribution in [3.05, 3.63) is 136 Å². The highest BCUT2D eigenvalue weighted by molar-refractivity contribution is 9.10. The zero-order valence-corrected chi connectivity index (χ0v) is 19.1. The lowest BCUT2D eigenvalue weighted by atomic mass is 9.80. The van der Waals surface area contributed by atoms with Crippen molar-refractivity contribution in [3.63, 3.8) is 0 Å². The normalized spacial score (nSPS) is 14.4. The lowest BCUT2D eigenvalue weighted by Gasteiger charge is -2.37. The monoisotopic (exact) mass is 486 g/mol. The molecule has 1 saturated heterocycles. The van der Waals surface area contributed by atoms with Crippen LogP contribution in [0, 0.1) is 0 Å². The van der Waals surface area contributed by atoms with Gasteiger partial charge in [-0.2, -0.15) is 0 Å². The molecule has 0 aliphatic carbocycles. The van der Waals surface area contributed by atoms with Gasteiger partial charge < -0.3 is 14.2 Å². The molecule has 0 saturated carbocycles. The summed E-state index contributed by atoms with van der Waals surface area (Å²) in [6.45, 7) is 1.13. The molecule has 0 bridgehead atoms. The largest absolute Gasteiger partial charge is 0.473 e. The second kappa shape index (κ2) is 9.29. The minimum absolute atomic E-state index is 0.456. The van der Waals surface area contributed by atoms with Crippen LogP contribution in [0.5, 0.6) is 5.75 Å². The van der Waals surface area contributed by atoms with Gasteiger partial charge in [0, 0.05) is 21.2 Å². The summed E-state index contributed by atoms with van der Waals surface area (Å²) < 4.78 is 19.7. The maximum Gasteiger partial charge on any atom is 0.187 e. The van der Waals surface area contributed by atoms with Crippen molar-refractivity contribution in [2.24, 2.45) is 0 Å². The van der Waals surface area contributed by atoms with Crippen LogP contribution in [0.1, 0.15) is 28.5 Å². The first-order valence-electron chi connectivity index (χ1n) is 10.7. The molecule has 4 aromatic rings. The Labute approximate surface area is 196 Å². The van der Waals surface area contributed by atoms with Crippen molar-refractivity contribution in [1.82, 2.24) is 0 Å². The zero-order chi connectivity index (χ0) is 21.8. The second-order valence-corrected chi connectivity index (χ2v) is 8.55. The van der Waals surface area contributed by atoms with E-state index in [2.05, 4.69) is 52.3 Å². The molecule has 0 N–H and O–H groups in total. The molecule has 1 aliphatic rings. The summed E-state index contributed by atoms with van der Waals surface area (Å²) in [6.07, 6.45) is -0.456. The summed E-state index contributed by atoms with van der Waals surface area (Å²) in [6, 6.07) is 37.0. The molecule has 0 aromatic heterocycles. The molecule has 1 fully saturated rings. The zero-order valence-electron chi connectivity index (χ0n) is 17.5. The fourth-order valence-corrected chi connectivity index (χ4v) is 4.57. The quantitative estimate of drug-likeness (QED) is 0.278. The van der Waals surface area contributed by atoms with Gasteiger partial charge in [0.15, 0.2) is 11.9 Å². The molecule has 0 unspecified atom stereocenters. The number of benzene rings is 4. The van der Waals surface area contributed by atoms with E-state index < -0.39 is 11.9 Å². The predicted octanol–water partition coefficient (Wildman–Crippen LogP) is 6.87. The minimum atomic E-state index is -0.856. The Bertz CT molecular complexity index is 1060. The SMILES string of the molecule is Brc1ccc(OC(c2ccccc2)(c2ccccc2)c2ccccc2)c(C2OCCO2)c1. The van der Waals surface area contributed by atoms with Crippen molar-refractivity contribution >= 4 is 15.9 Å². The Balaban J connectivity index is 1.75. The third kappa shape index (κ3) is 3.97. The summed E-state index contributed by atoms with van der Waals surface area (Å²) in [4.78, 5) is 0. The van der Waals surface area contributed by atoms with Gasteiger partial charge in [-0.15, -0.1) is 0 Å². The van der Waals surface area contributed by atoms with E-state index >= 15 is 0 Å². The number of ether oxygens (including phenoxy) is 3. The highest BCUT2D eigenvalue weighted by Crippen LogP contribution is 2.44. The van der Waals surface area contributed by atoms with Crippen LogP contribution in [-0.2, 0) is 15.1 Å². The molecule has 5 rings (SSSR count). The van der Waals surface area contributed by atoms with Crippen molar-refractivity contribution in [1.29, 1.82) is 0 Å². The van der Waals surface area contributed by atoms with Crippen molar-refractivity contribution < 1.29 is 14.2 Å². The van der Waals surface area contributed by atoms with Gasteiger partial charge >= 0.3 is 0 Å². The van der Waals surface area contributed by atoms with Gasteiger partial charge in [0.05, 0.1) is 18.8 Å². The van der Waals surface area contributed by atoms with E-state index in [1.54, 1.807) is 0 Å². The Kier molecular flexibility index (Phi) is 6.08. The van der Waals surface area contributed by atoms with Crippen LogP contribution in [0.25, 0.3) is 0 Å². The van der Waals surface area contributed by atoms with Gasteiger partial charge in [0.1, 0.15) is 5.75 Å². The molecule has 160 valence electrons. The highest BCUT2D eigenvalue weighted by Gasteiger charge is 2.40. The van der Waals surface area contributed by atoms with Crippen LogP contribution in [0.15, 0.2) is 114 Å². The molecule has 32 heavy (non-hydrogen) atoms. The maximum atomic E-state index is 7.08. The molecule has 3 nitrogen and oxygen atoms in total. The van der Waals surface area contributed by atoms with Gasteiger partial charge in [0.25, 0.3) is 0 Å². The van der Waals surface area contributed by atoms with Crippen LogP contribution in [-0.4, -0.2) is 13.2 Å². The van der Waals surface area contributed by atoms with E-state index in [1.165, 1.54) is 0 Å². The summed E-state index contributed by atoms with van der Waals surface area (Å²) in [5.74, 6) is 0.719. The molecular weight excluding hydrogens is 464 g/mol. The maximum absolute atomic E-state index is 7.08. The van der Waals surface area contributed by atoms with Crippen LogP contribution in [0.2, 0.25) is 0 Å². The molecule has 4 heteroatoms. The predicted molar refractivity (Wildman–Crippen MR) is 129 cm³/mol. The number of hydrogen-bond donors (Lipinski definition) is 0. The Hall–Kier alpha value is -2.92. The topological polar surface area (TPSA) is 27.7 Å². The molecule has 1 aliphatic heterocycles. The van der Waals surface area contributed by atoms with Crippen molar-refractivity contribution in [2.75, 3.05) is 13.2 Å². The van der Waals surface area contributed by atoms with E-state index in [-0.39, 0.29) is 0 Å². The first-order chi connectivity index (χ1) is 15.8. The average molecular weight is 487 g/mol. The minimum Gasteiger partial charge on any atom is -0.473 e. The van der Waals surface area contributed by atoms with Gasteiger partial charge in [-0.25, -0.2) is 0 Å². The summed E-state index contributed by atoms with van der Waals surface area (Å²) in [7, 11) is 0. The Morgan fingerprint density at radius 2 is 1.12 bits per heavy atom. The van der Waals surface area contributed by atoms with Crippen molar-refractivity contribution in [3.8, 4) is 5.75 Å². The van der Waals surface area contributed by atoms with Gasteiger partial charge in [-0.1, -0.05) is 107 Å². The second-order valence-electron chi connectivity index (χ2n) is 7.64. The number of hydrogen-bond acceptors (Lipinski definition) is 3. The van der Waals surface area contributed by atoms with E-state index in [0.717, 1.165) is 32.5 Å². The van der Waals surface area contributed by atoms with Crippen LogP contribution in [0.4, 0.5) is 0 Å². The van der Waals surface area contributed by atoms with Gasteiger partial charge in [-0.05, 0) is 18.2 Å². The van der Waals surface area contributed by atoms with E-state index in [1.807, 2.05) is 72.8 Å². The Morgan fingerprint density at radius 1 is 0.656 bits per heavy atom. The van der Waals surface area contributed by atoms with E-state index in [4.69, 9.17) is 14.2 Å². The fraction of sp³-hybridized carbons (Fsp3) is 0.143. The molecule has 1 heterocycles. The lowest BCUT2D eigenvalue weighted by Crippen LogP contribution is -2.36. The van der Waals surface area contributed by atoms with Gasteiger partial charge in [-0.3, -0.25) is 0 Å². The lowest BCUT2D eigenvalue weighted by molar-refractivity contribution is -0.0469. The molecular formula is C28H23BrO3. The van der Waals surface area contributed by atoms with Crippen molar-refractivity contribution in [2.45, 2.75) is 11.9 Å². The Morgan fingerprint density at radius 3 is 1.59 bits per heavy atom.